The average molecular weight is 249 g/mol. The van der Waals surface area contributed by atoms with E-state index in [0.29, 0.717) is 13.0 Å². The summed E-state index contributed by atoms with van der Waals surface area (Å²) in [6.07, 6.45) is 1.52. The molecule has 0 aliphatic carbocycles. The molecule has 0 radical (unpaired) electrons. The van der Waals surface area contributed by atoms with E-state index >= 15 is 0 Å². The molecule has 0 aromatic heterocycles. The third-order valence-corrected chi connectivity index (χ3v) is 3.30. The van der Waals surface area contributed by atoms with Gasteiger partial charge in [-0.05, 0) is 23.5 Å². The van der Waals surface area contributed by atoms with E-state index in [1.807, 2.05) is 0 Å². The number of carbonyl (C=O) groups is 1. The van der Waals surface area contributed by atoms with E-state index in [1.165, 1.54) is 11.1 Å². The molecule has 1 aromatic carbocycles. The second kappa shape index (κ2) is 7.17. The Morgan fingerprint density at radius 2 is 1.94 bits per heavy atom. The molecule has 1 aromatic rings. The molecule has 0 aliphatic heterocycles. The van der Waals surface area contributed by atoms with Gasteiger partial charge in [-0.15, -0.1) is 0 Å². The zero-order valence-electron chi connectivity index (χ0n) is 11.5. The van der Waals surface area contributed by atoms with Gasteiger partial charge in [0.2, 0.25) is 5.91 Å². The van der Waals surface area contributed by atoms with Crippen LogP contribution in [0.4, 0.5) is 0 Å². The van der Waals surface area contributed by atoms with Crippen molar-refractivity contribution in [3.05, 3.63) is 35.4 Å². The van der Waals surface area contributed by atoms with Crippen LogP contribution in [0.1, 0.15) is 37.3 Å². The number of benzene rings is 1. The summed E-state index contributed by atoms with van der Waals surface area (Å²) in [7, 11) is 1.73. The largest absolute Gasteiger partial charge is 0.395 e. The smallest absolute Gasteiger partial charge is 0.222 e. The lowest BCUT2D eigenvalue weighted by molar-refractivity contribution is -0.130. The van der Waals surface area contributed by atoms with Crippen molar-refractivity contribution in [3.63, 3.8) is 0 Å². The second-order valence-electron chi connectivity index (χ2n) is 4.74. The highest BCUT2D eigenvalue weighted by molar-refractivity contribution is 5.76. The second-order valence-corrected chi connectivity index (χ2v) is 4.74. The van der Waals surface area contributed by atoms with Crippen LogP contribution < -0.4 is 0 Å². The summed E-state index contributed by atoms with van der Waals surface area (Å²) in [6.45, 7) is 4.61. The van der Waals surface area contributed by atoms with Gasteiger partial charge in [-0.1, -0.05) is 38.1 Å². The van der Waals surface area contributed by atoms with E-state index in [0.717, 1.165) is 6.42 Å². The molecule has 100 valence electrons. The number of aliphatic hydroxyl groups is 1. The molecule has 0 saturated carbocycles. The predicted molar refractivity (Wildman–Crippen MR) is 73.6 cm³/mol. The molecule has 0 spiro atoms. The fourth-order valence-corrected chi connectivity index (χ4v) is 1.89. The SMILES string of the molecule is CCc1ccc(C(C)CC(=O)N(C)CCO)cc1. The van der Waals surface area contributed by atoms with Gasteiger partial charge < -0.3 is 10.0 Å². The maximum atomic E-state index is 11.9. The molecule has 18 heavy (non-hydrogen) atoms. The van der Waals surface area contributed by atoms with E-state index < -0.39 is 0 Å². The van der Waals surface area contributed by atoms with Gasteiger partial charge in [0.1, 0.15) is 0 Å². The Labute approximate surface area is 109 Å². The summed E-state index contributed by atoms with van der Waals surface area (Å²) in [5.41, 5.74) is 2.51. The minimum absolute atomic E-state index is 0.0157. The molecule has 1 unspecified atom stereocenters. The van der Waals surface area contributed by atoms with Gasteiger partial charge >= 0.3 is 0 Å². The topological polar surface area (TPSA) is 40.5 Å². The Balaban J connectivity index is 2.58. The highest BCUT2D eigenvalue weighted by atomic mass is 16.3. The first-order chi connectivity index (χ1) is 8.58. The molecule has 0 heterocycles. The van der Waals surface area contributed by atoms with Gasteiger partial charge in [-0.3, -0.25) is 4.79 Å². The van der Waals surface area contributed by atoms with E-state index in [1.54, 1.807) is 11.9 Å². The van der Waals surface area contributed by atoms with Crippen LogP contribution in [-0.2, 0) is 11.2 Å². The molecule has 0 bridgehead atoms. The molecular formula is C15H23NO2. The number of hydrogen-bond acceptors (Lipinski definition) is 2. The lowest BCUT2D eigenvalue weighted by atomic mass is 9.96. The summed E-state index contributed by atoms with van der Waals surface area (Å²) in [5.74, 6) is 0.292. The van der Waals surface area contributed by atoms with Crippen molar-refractivity contribution in [2.45, 2.75) is 32.6 Å². The summed E-state index contributed by atoms with van der Waals surface area (Å²) in [6, 6.07) is 8.44. The van der Waals surface area contributed by atoms with Gasteiger partial charge in [-0.2, -0.15) is 0 Å². The first-order valence-corrected chi connectivity index (χ1v) is 6.52. The van der Waals surface area contributed by atoms with E-state index in [2.05, 4.69) is 38.1 Å². The minimum Gasteiger partial charge on any atom is -0.395 e. The van der Waals surface area contributed by atoms with E-state index in [4.69, 9.17) is 5.11 Å². The summed E-state index contributed by atoms with van der Waals surface area (Å²) < 4.78 is 0. The normalized spacial score (nSPS) is 12.2. The fourth-order valence-electron chi connectivity index (χ4n) is 1.89. The third kappa shape index (κ3) is 4.15. The first-order valence-electron chi connectivity index (χ1n) is 6.52. The Morgan fingerprint density at radius 3 is 2.44 bits per heavy atom. The summed E-state index contributed by atoms with van der Waals surface area (Å²) >= 11 is 0. The Bertz CT molecular complexity index is 373. The average Bonchev–Trinajstić information content (AvgIpc) is 2.39. The highest BCUT2D eigenvalue weighted by Gasteiger charge is 2.14. The maximum absolute atomic E-state index is 11.9. The number of aliphatic hydroxyl groups excluding tert-OH is 1. The monoisotopic (exact) mass is 249 g/mol. The van der Waals surface area contributed by atoms with Gasteiger partial charge in [0, 0.05) is 20.0 Å². The Hall–Kier alpha value is -1.35. The summed E-state index contributed by atoms with van der Waals surface area (Å²) in [4.78, 5) is 13.4. The van der Waals surface area contributed by atoms with Crippen molar-refractivity contribution in [2.24, 2.45) is 0 Å². The fraction of sp³-hybridized carbons (Fsp3) is 0.533. The van der Waals surface area contributed by atoms with Crippen molar-refractivity contribution in [3.8, 4) is 0 Å². The quantitative estimate of drug-likeness (QED) is 0.839. The number of nitrogens with zero attached hydrogens (tertiary/aromatic N) is 1. The van der Waals surface area contributed by atoms with E-state index in [-0.39, 0.29) is 18.4 Å². The van der Waals surface area contributed by atoms with Gasteiger partial charge in [-0.25, -0.2) is 0 Å². The molecule has 1 N–H and O–H groups in total. The van der Waals surface area contributed by atoms with Crippen molar-refractivity contribution in [1.29, 1.82) is 0 Å². The highest BCUT2D eigenvalue weighted by Crippen LogP contribution is 2.20. The van der Waals surface area contributed by atoms with Crippen molar-refractivity contribution in [1.82, 2.24) is 4.90 Å². The van der Waals surface area contributed by atoms with Crippen molar-refractivity contribution >= 4 is 5.91 Å². The molecule has 0 fully saturated rings. The van der Waals surface area contributed by atoms with Crippen LogP contribution in [0.5, 0.6) is 0 Å². The Morgan fingerprint density at radius 1 is 1.33 bits per heavy atom. The zero-order chi connectivity index (χ0) is 13.5. The molecule has 1 atom stereocenters. The van der Waals surface area contributed by atoms with Crippen LogP contribution in [-0.4, -0.2) is 36.1 Å². The first kappa shape index (κ1) is 14.7. The van der Waals surface area contributed by atoms with E-state index in [9.17, 15) is 4.79 Å². The number of aryl methyl sites for hydroxylation is 1. The van der Waals surface area contributed by atoms with Gasteiger partial charge in [0.25, 0.3) is 0 Å². The number of hydrogen-bond donors (Lipinski definition) is 1. The van der Waals surface area contributed by atoms with Crippen molar-refractivity contribution < 1.29 is 9.90 Å². The predicted octanol–water partition coefficient (Wildman–Crippen LogP) is 2.19. The molecule has 1 amide bonds. The van der Waals surface area contributed by atoms with Gasteiger partial charge in [0.05, 0.1) is 6.61 Å². The lowest BCUT2D eigenvalue weighted by Crippen LogP contribution is -2.30. The van der Waals surface area contributed by atoms with Crippen LogP contribution in [0.15, 0.2) is 24.3 Å². The number of carbonyl (C=O) groups excluding carboxylic acids is 1. The van der Waals surface area contributed by atoms with Crippen LogP contribution in [0, 0.1) is 0 Å². The standard InChI is InChI=1S/C15H23NO2/c1-4-13-5-7-14(8-6-13)12(2)11-15(18)16(3)9-10-17/h5-8,12,17H,4,9-11H2,1-3H3. The van der Waals surface area contributed by atoms with Crippen LogP contribution in [0.2, 0.25) is 0 Å². The molecule has 0 saturated heterocycles. The molecule has 0 aliphatic rings. The number of amides is 1. The Kier molecular flexibility index (Phi) is 5.86. The van der Waals surface area contributed by atoms with Crippen LogP contribution >= 0.6 is 0 Å². The minimum atomic E-state index is 0.0157. The lowest BCUT2D eigenvalue weighted by Gasteiger charge is -2.19. The molecule has 3 heteroatoms. The van der Waals surface area contributed by atoms with Crippen molar-refractivity contribution in [2.75, 3.05) is 20.2 Å². The third-order valence-electron chi connectivity index (χ3n) is 3.30. The van der Waals surface area contributed by atoms with Gasteiger partial charge in [0.15, 0.2) is 0 Å². The molecular weight excluding hydrogens is 226 g/mol. The maximum Gasteiger partial charge on any atom is 0.222 e. The zero-order valence-corrected chi connectivity index (χ0v) is 11.5. The molecule has 3 nitrogen and oxygen atoms in total. The molecule has 1 rings (SSSR count). The van der Waals surface area contributed by atoms with Crippen LogP contribution in [0.25, 0.3) is 0 Å². The number of likely N-dealkylation sites (N-methyl/N-ethyl adjacent to an activating group) is 1. The number of rotatable bonds is 6. The summed E-state index contributed by atoms with van der Waals surface area (Å²) in [5, 5.41) is 8.80. The van der Waals surface area contributed by atoms with Crippen LogP contribution in [0.3, 0.4) is 0 Å².